The lowest BCUT2D eigenvalue weighted by Crippen LogP contribution is -2.35. The zero-order valence-corrected chi connectivity index (χ0v) is 11.5. The van der Waals surface area contributed by atoms with Crippen LogP contribution >= 0.6 is 0 Å². The van der Waals surface area contributed by atoms with Crippen LogP contribution in [0.1, 0.15) is 53.9 Å². The summed E-state index contributed by atoms with van der Waals surface area (Å²) in [6, 6.07) is 0. The fourth-order valence-corrected chi connectivity index (χ4v) is 2.14. The van der Waals surface area contributed by atoms with Crippen LogP contribution in [0.25, 0.3) is 0 Å². The number of allylic oxidation sites excluding steroid dienone is 3. The van der Waals surface area contributed by atoms with E-state index in [1.54, 1.807) is 0 Å². The van der Waals surface area contributed by atoms with Gasteiger partial charge < -0.3 is 4.74 Å². The third kappa shape index (κ3) is 4.13. The maximum atomic E-state index is 6.01. The quantitative estimate of drug-likeness (QED) is 0.637. The van der Waals surface area contributed by atoms with Gasteiger partial charge in [0.05, 0.1) is 12.2 Å². The van der Waals surface area contributed by atoms with E-state index in [4.69, 9.17) is 4.74 Å². The lowest BCUT2D eigenvalue weighted by atomic mass is 9.79. The van der Waals surface area contributed by atoms with Crippen LogP contribution in [0.2, 0.25) is 0 Å². The third-order valence-electron chi connectivity index (χ3n) is 3.57. The Bertz CT molecular complexity index is 280. The van der Waals surface area contributed by atoms with Crippen molar-refractivity contribution in [3.63, 3.8) is 0 Å². The van der Waals surface area contributed by atoms with Crippen molar-refractivity contribution in [2.24, 2.45) is 5.92 Å². The molecule has 0 aromatic carbocycles. The first kappa shape index (κ1) is 13.5. The second-order valence-corrected chi connectivity index (χ2v) is 5.72. The van der Waals surface area contributed by atoms with E-state index in [1.165, 1.54) is 30.4 Å². The Labute approximate surface area is 101 Å². The molecule has 0 bridgehead atoms. The van der Waals surface area contributed by atoms with Crippen LogP contribution in [0, 0.1) is 5.92 Å². The molecule has 0 radical (unpaired) electrons. The predicted molar refractivity (Wildman–Crippen MR) is 70.6 cm³/mol. The molecule has 92 valence electrons. The van der Waals surface area contributed by atoms with Crippen molar-refractivity contribution in [2.45, 2.75) is 59.5 Å². The molecule has 0 aromatic heterocycles. The molecule has 16 heavy (non-hydrogen) atoms. The van der Waals surface area contributed by atoms with Crippen molar-refractivity contribution >= 4 is 0 Å². The van der Waals surface area contributed by atoms with Gasteiger partial charge in [0, 0.05) is 0 Å². The van der Waals surface area contributed by atoms with Crippen LogP contribution in [-0.4, -0.2) is 12.2 Å². The largest absolute Gasteiger partial charge is 0.371 e. The lowest BCUT2D eigenvalue weighted by molar-refractivity contribution is -0.0500. The predicted octanol–water partition coefficient (Wildman–Crippen LogP) is 4.49. The summed E-state index contributed by atoms with van der Waals surface area (Å²) in [5.41, 5.74) is 2.87. The highest BCUT2D eigenvalue weighted by molar-refractivity contribution is 5.05. The van der Waals surface area contributed by atoms with Gasteiger partial charge in [-0.15, -0.1) is 0 Å². The molecule has 0 saturated heterocycles. The molecule has 0 N–H and O–H groups in total. The van der Waals surface area contributed by atoms with Crippen molar-refractivity contribution < 1.29 is 4.74 Å². The van der Waals surface area contributed by atoms with E-state index in [2.05, 4.69) is 46.8 Å². The van der Waals surface area contributed by atoms with E-state index >= 15 is 0 Å². The van der Waals surface area contributed by atoms with E-state index in [-0.39, 0.29) is 5.60 Å². The maximum absolute atomic E-state index is 6.01. The number of hydrogen-bond donors (Lipinski definition) is 0. The average molecular weight is 222 g/mol. The highest BCUT2D eigenvalue weighted by Gasteiger charge is 2.30. The molecule has 0 heterocycles. The first-order valence-corrected chi connectivity index (χ1v) is 6.35. The first-order valence-electron chi connectivity index (χ1n) is 6.35. The van der Waals surface area contributed by atoms with Crippen molar-refractivity contribution in [2.75, 3.05) is 6.61 Å². The fraction of sp³-hybridized carbons (Fsp3) is 0.733. The molecule has 1 heteroatoms. The summed E-state index contributed by atoms with van der Waals surface area (Å²) >= 11 is 0. The Balaban J connectivity index is 2.47. The Morgan fingerprint density at radius 1 is 1.50 bits per heavy atom. The van der Waals surface area contributed by atoms with E-state index < -0.39 is 0 Å². The first-order chi connectivity index (χ1) is 7.42. The zero-order valence-electron chi connectivity index (χ0n) is 11.5. The van der Waals surface area contributed by atoms with Crippen molar-refractivity contribution in [1.82, 2.24) is 0 Å². The Hall–Kier alpha value is -0.560. The lowest BCUT2D eigenvalue weighted by Gasteiger charge is -2.36. The van der Waals surface area contributed by atoms with Gasteiger partial charge in [-0.3, -0.25) is 0 Å². The molecule has 0 amide bonds. The summed E-state index contributed by atoms with van der Waals surface area (Å²) in [6.07, 6.45) is 8.21. The molecule has 0 spiro atoms. The molecule has 1 rings (SSSR count). The topological polar surface area (TPSA) is 9.23 Å². The van der Waals surface area contributed by atoms with Gasteiger partial charge >= 0.3 is 0 Å². The van der Waals surface area contributed by atoms with Gasteiger partial charge in [-0.05, 0) is 59.8 Å². The van der Waals surface area contributed by atoms with Crippen LogP contribution in [0.4, 0.5) is 0 Å². The van der Waals surface area contributed by atoms with E-state index in [0.29, 0.717) is 5.92 Å². The third-order valence-corrected chi connectivity index (χ3v) is 3.57. The minimum absolute atomic E-state index is 0.00313. The van der Waals surface area contributed by atoms with Gasteiger partial charge in [0.25, 0.3) is 0 Å². The summed E-state index contributed by atoms with van der Waals surface area (Å²) in [4.78, 5) is 0. The molecule has 0 fully saturated rings. The maximum Gasteiger partial charge on any atom is 0.0661 e. The van der Waals surface area contributed by atoms with E-state index in [9.17, 15) is 0 Å². The van der Waals surface area contributed by atoms with Crippen molar-refractivity contribution in [1.29, 1.82) is 0 Å². The highest BCUT2D eigenvalue weighted by Crippen LogP contribution is 2.33. The SMILES string of the molecule is CC(C)=CCOC(C)(C)C1CC=C(C)CC1. The van der Waals surface area contributed by atoms with Crippen molar-refractivity contribution in [3.05, 3.63) is 23.3 Å². The minimum Gasteiger partial charge on any atom is -0.371 e. The molecule has 0 aromatic rings. The molecule has 1 unspecified atom stereocenters. The fourth-order valence-electron chi connectivity index (χ4n) is 2.14. The van der Waals surface area contributed by atoms with Crippen molar-refractivity contribution in [3.8, 4) is 0 Å². The summed E-state index contributed by atoms with van der Waals surface area (Å²) in [7, 11) is 0. The molecule has 1 aliphatic carbocycles. The molecular formula is C15H26O. The van der Waals surface area contributed by atoms with Crippen LogP contribution in [0.3, 0.4) is 0 Å². The number of ether oxygens (including phenoxy) is 1. The van der Waals surface area contributed by atoms with Gasteiger partial charge in [-0.1, -0.05) is 23.3 Å². The minimum atomic E-state index is 0.00313. The molecule has 1 aliphatic rings. The molecule has 1 atom stereocenters. The average Bonchev–Trinajstić information content (AvgIpc) is 2.17. The van der Waals surface area contributed by atoms with Gasteiger partial charge in [-0.2, -0.15) is 0 Å². The molecular weight excluding hydrogens is 196 g/mol. The van der Waals surface area contributed by atoms with Crippen LogP contribution in [-0.2, 0) is 4.74 Å². The monoisotopic (exact) mass is 222 g/mol. The van der Waals surface area contributed by atoms with Gasteiger partial charge in [0.2, 0.25) is 0 Å². The summed E-state index contributed by atoms with van der Waals surface area (Å²) in [5, 5.41) is 0. The highest BCUT2D eigenvalue weighted by atomic mass is 16.5. The van der Waals surface area contributed by atoms with Gasteiger partial charge in [0.1, 0.15) is 0 Å². The van der Waals surface area contributed by atoms with E-state index in [0.717, 1.165) is 6.61 Å². The van der Waals surface area contributed by atoms with Gasteiger partial charge in [0.15, 0.2) is 0 Å². The standard InChI is InChI=1S/C15H26O/c1-12(2)10-11-16-15(4,5)14-8-6-13(3)7-9-14/h6,10,14H,7-9,11H2,1-5H3. The Morgan fingerprint density at radius 3 is 2.69 bits per heavy atom. The summed E-state index contributed by atoms with van der Waals surface area (Å²) < 4.78 is 6.01. The van der Waals surface area contributed by atoms with Crippen LogP contribution in [0.15, 0.2) is 23.3 Å². The molecule has 1 nitrogen and oxygen atoms in total. The van der Waals surface area contributed by atoms with Crippen LogP contribution in [0.5, 0.6) is 0 Å². The van der Waals surface area contributed by atoms with Crippen LogP contribution < -0.4 is 0 Å². The number of hydrogen-bond acceptors (Lipinski definition) is 1. The van der Waals surface area contributed by atoms with E-state index in [1.807, 2.05) is 0 Å². The second kappa shape index (κ2) is 5.67. The normalized spacial score (nSPS) is 21.6. The second-order valence-electron chi connectivity index (χ2n) is 5.72. The zero-order chi connectivity index (χ0) is 12.2. The summed E-state index contributed by atoms with van der Waals surface area (Å²) in [6.45, 7) is 11.7. The Kier molecular flexibility index (Phi) is 4.79. The number of rotatable bonds is 4. The van der Waals surface area contributed by atoms with Gasteiger partial charge in [-0.25, -0.2) is 0 Å². The summed E-state index contributed by atoms with van der Waals surface area (Å²) in [5.74, 6) is 0.668. The Morgan fingerprint density at radius 2 is 2.19 bits per heavy atom. The molecule has 0 saturated carbocycles. The molecule has 0 aliphatic heterocycles. The smallest absolute Gasteiger partial charge is 0.0661 e.